The molecular formula is C21H22N2O5S. The Morgan fingerprint density at radius 2 is 1.76 bits per heavy atom. The molecule has 2 aromatic carbocycles. The zero-order valence-electron chi connectivity index (χ0n) is 15.8. The molecule has 0 atom stereocenters. The minimum Gasteiger partial charge on any atom is -0.490 e. The Hall–Kier alpha value is -2.87. The average molecular weight is 414 g/mol. The van der Waals surface area contributed by atoms with Crippen molar-refractivity contribution in [3.05, 3.63) is 54.1 Å². The molecule has 0 unspecified atom stereocenters. The zero-order valence-corrected chi connectivity index (χ0v) is 16.7. The number of carbonyl (C=O) groups is 2. The normalized spacial score (nSPS) is 17.9. The second-order valence-electron chi connectivity index (χ2n) is 7.23. The van der Waals surface area contributed by atoms with Crippen LogP contribution >= 0.6 is 0 Å². The molecule has 1 aliphatic carbocycles. The maximum Gasteiger partial charge on any atom is 0.269 e. The first-order valence-electron chi connectivity index (χ1n) is 9.68. The van der Waals surface area contributed by atoms with Crippen LogP contribution < -0.4 is 10.1 Å². The highest BCUT2D eigenvalue weighted by Crippen LogP contribution is 2.30. The predicted molar refractivity (Wildman–Crippen MR) is 107 cm³/mol. The van der Waals surface area contributed by atoms with Crippen molar-refractivity contribution in [2.75, 3.05) is 11.9 Å². The number of ether oxygens (including phenoxy) is 1. The van der Waals surface area contributed by atoms with E-state index in [-0.39, 0.29) is 35.4 Å². The summed E-state index contributed by atoms with van der Waals surface area (Å²) >= 11 is 0. The molecule has 2 aromatic rings. The van der Waals surface area contributed by atoms with Crippen LogP contribution in [-0.4, -0.2) is 37.2 Å². The van der Waals surface area contributed by atoms with Gasteiger partial charge in [-0.05, 0) is 62.1 Å². The zero-order chi connectivity index (χ0) is 20.4. The maximum absolute atomic E-state index is 12.5. The molecular weight excluding hydrogens is 392 g/mol. The van der Waals surface area contributed by atoms with Gasteiger partial charge in [0.2, 0.25) is 5.91 Å². The molecule has 1 heterocycles. The van der Waals surface area contributed by atoms with Crippen LogP contribution in [0, 0.1) is 0 Å². The van der Waals surface area contributed by atoms with Crippen molar-refractivity contribution in [2.45, 2.75) is 43.1 Å². The molecule has 0 saturated heterocycles. The molecule has 7 nitrogen and oxygen atoms in total. The van der Waals surface area contributed by atoms with Crippen LogP contribution in [0.5, 0.6) is 5.75 Å². The van der Waals surface area contributed by atoms with E-state index in [1.54, 1.807) is 36.4 Å². The highest BCUT2D eigenvalue weighted by Gasteiger charge is 2.40. The Balaban J connectivity index is 1.33. The number of nitrogens with one attached hydrogen (secondary N) is 1. The summed E-state index contributed by atoms with van der Waals surface area (Å²) < 4.78 is 31.7. The van der Waals surface area contributed by atoms with Gasteiger partial charge in [0.05, 0.1) is 11.7 Å². The van der Waals surface area contributed by atoms with Gasteiger partial charge in [-0.3, -0.25) is 9.59 Å². The highest BCUT2D eigenvalue weighted by atomic mass is 32.2. The predicted octanol–water partition coefficient (Wildman–Crippen LogP) is 3.18. The Morgan fingerprint density at radius 3 is 2.45 bits per heavy atom. The molecule has 1 saturated carbocycles. The van der Waals surface area contributed by atoms with Crippen molar-refractivity contribution in [3.63, 3.8) is 0 Å². The van der Waals surface area contributed by atoms with Gasteiger partial charge in [-0.2, -0.15) is 0 Å². The minimum atomic E-state index is -3.89. The van der Waals surface area contributed by atoms with Gasteiger partial charge in [0.25, 0.3) is 15.9 Å². The van der Waals surface area contributed by atoms with E-state index >= 15 is 0 Å². The summed E-state index contributed by atoms with van der Waals surface area (Å²) in [5, 5.41) is 2.72. The lowest BCUT2D eigenvalue weighted by atomic mass is 10.2. The lowest BCUT2D eigenvalue weighted by Crippen LogP contribution is -2.33. The van der Waals surface area contributed by atoms with Crippen molar-refractivity contribution < 1.29 is 22.7 Å². The number of anilines is 1. The SMILES string of the molecule is O=C(CCN1C(=O)c2ccccc2S1(=O)=O)Nc1ccc(OC2CCCC2)cc1. The molecule has 4 rings (SSSR count). The van der Waals surface area contributed by atoms with E-state index in [0.29, 0.717) is 5.69 Å². The number of amides is 2. The summed E-state index contributed by atoms with van der Waals surface area (Å²) in [6.07, 6.45) is 4.66. The first-order valence-corrected chi connectivity index (χ1v) is 11.1. The topological polar surface area (TPSA) is 92.8 Å². The summed E-state index contributed by atoms with van der Waals surface area (Å²) in [5.41, 5.74) is 0.735. The summed E-state index contributed by atoms with van der Waals surface area (Å²) in [5.74, 6) is -0.198. The van der Waals surface area contributed by atoms with Crippen LogP contribution in [0.25, 0.3) is 0 Å². The molecule has 1 aliphatic heterocycles. The van der Waals surface area contributed by atoms with Crippen molar-refractivity contribution in [3.8, 4) is 5.75 Å². The lowest BCUT2D eigenvalue weighted by Gasteiger charge is -2.15. The number of rotatable bonds is 6. The molecule has 0 radical (unpaired) electrons. The molecule has 0 spiro atoms. The van der Waals surface area contributed by atoms with Gasteiger partial charge in [-0.25, -0.2) is 12.7 Å². The van der Waals surface area contributed by atoms with E-state index in [2.05, 4.69) is 5.32 Å². The number of hydrogen-bond acceptors (Lipinski definition) is 5. The standard InChI is InChI=1S/C21H22N2O5S/c24-20(22-15-9-11-17(12-10-15)28-16-5-1-2-6-16)13-14-23-21(25)18-7-3-4-8-19(18)29(23,26)27/h3-4,7-12,16H,1-2,5-6,13-14H2,(H,22,24). The Morgan fingerprint density at radius 1 is 1.07 bits per heavy atom. The largest absolute Gasteiger partial charge is 0.490 e. The Bertz CT molecular complexity index is 1030. The van der Waals surface area contributed by atoms with Crippen molar-refractivity contribution >= 4 is 27.5 Å². The minimum absolute atomic E-state index is 0.0109. The third kappa shape index (κ3) is 3.98. The smallest absolute Gasteiger partial charge is 0.269 e. The third-order valence-electron chi connectivity index (χ3n) is 5.20. The van der Waals surface area contributed by atoms with E-state index in [9.17, 15) is 18.0 Å². The number of benzene rings is 2. The quantitative estimate of drug-likeness (QED) is 0.784. The van der Waals surface area contributed by atoms with Crippen molar-refractivity contribution in [1.82, 2.24) is 4.31 Å². The molecule has 29 heavy (non-hydrogen) atoms. The first-order chi connectivity index (χ1) is 13.9. The molecule has 152 valence electrons. The second kappa shape index (κ2) is 7.87. The number of carbonyl (C=O) groups excluding carboxylic acids is 2. The fourth-order valence-corrected chi connectivity index (χ4v) is 5.26. The van der Waals surface area contributed by atoms with Gasteiger partial charge in [-0.15, -0.1) is 0 Å². The fraction of sp³-hybridized carbons (Fsp3) is 0.333. The van der Waals surface area contributed by atoms with Gasteiger partial charge in [0, 0.05) is 18.7 Å². The fourth-order valence-electron chi connectivity index (χ4n) is 3.69. The summed E-state index contributed by atoms with van der Waals surface area (Å²) in [4.78, 5) is 24.6. The van der Waals surface area contributed by atoms with Gasteiger partial charge in [0.1, 0.15) is 10.6 Å². The van der Waals surface area contributed by atoms with Crippen LogP contribution in [-0.2, 0) is 14.8 Å². The molecule has 8 heteroatoms. The molecule has 1 fully saturated rings. The van der Waals surface area contributed by atoms with E-state index in [0.717, 1.165) is 22.9 Å². The Labute approximate surface area is 169 Å². The van der Waals surface area contributed by atoms with Crippen LogP contribution in [0.3, 0.4) is 0 Å². The summed E-state index contributed by atoms with van der Waals surface area (Å²) in [6, 6.07) is 13.2. The number of nitrogens with zero attached hydrogens (tertiary/aromatic N) is 1. The van der Waals surface area contributed by atoms with Crippen LogP contribution in [0.2, 0.25) is 0 Å². The molecule has 1 N–H and O–H groups in total. The summed E-state index contributed by atoms with van der Waals surface area (Å²) in [6.45, 7) is -0.204. The number of fused-ring (bicyclic) bond motifs is 1. The summed E-state index contributed by atoms with van der Waals surface area (Å²) in [7, 11) is -3.89. The third-order valence-corrected chi connectivity index (χ3v) is 7.04. The lowest BCUT2D eigenvalue weighted by molar-refractivity contribution is -0.116. The van der Waals surface area contributed by atoms with Crippen molar-refractivity contribution in [1.29, 1.82) is 0 Å². The van der Waals surface area contributed by atoms with Gasteiger partial charge in [-0.1, -0.05) is 12.1 Å². The maximum atomic E-state index is 12.5. The number of hydrogen-bond donors (Lipinski definition) is 1. The van der Waals surface area contributed by atoms with E-state index in [1.165, 1.54) is 25.0 Å². The van der Waals surface area contributed by atoms with Gasteiger partial charge >= 0.3 is 0 Å². The molecule has 0 aromatic heterocycles. The second-order valence-corrected chi connectivity index (χ2v) is 9.06. The van der Waals surface area contributed by atoms with E-state index in [1.807, 2.05) is 0 Å². The first kappa shape index (κ1) is 19.4. The highest BCUT2D eigenvalue weighted by molar-refractivity contribution is 7.90. The van der Waals surface area contributed by atoms with Crippen LogP contribution in [0.1, 0.15) is 42.5 Å². The van der Waals surface area contributed by atoms with Crippen LogP contribution in [0.15, 0.2) is 53.4 Å². The monoisotopic (exact) mass is 414 g/mol. The molecule has 2 aliphatic rings. The average Bonchev–Trinajstić information content (AvgIpc) is 3.28. The van der Waals surface area contributed by atoms with Gasteiger partial charge in [0.15, 0.2) is 0 Å². The van der Waals surface area contributed by atoms with E-state index in [4.69, 9.17) is 4.74 Å². The van der Waals surface area contributed by atoms with Crippen LogP contribution in [0.4, 0.5) is 5.69 Å². The molecule has 2 amide bonds. The molecule has 0 bridgehead atoms. The number of sulfonamides is 1. The Kier molecular flexibility index (Phi) is 5.27. The van der Waals surface area contributed by atoms with Gasteiger partial charge < -0.3 is 10.1 Å². The van der Waals surface area contributed by atoms with Crippen molar-refractivity contribution in [2.24, 2.45) is 0 Å². The van der Waals surface area contributed by atoms with E-state index < -0.39 is 15.9 Å².